The lowest BCUT2D eigenvalue weighted by Crippen LogP contribution is -2.52. The molecule has 2 amide bonds. The monoisotopic (exact) mass is 326 g/mol. The molecule has 1 rings (SSSR count). The number of ether oxygens (including phenoxy) is 2. The second-order valence-corrected chi connectivity index (χ2v) is 5.99. The minimum absolute atomic E-state index is 0.00743. The molecule has 0 bridgehead atoms. The number of carbonyl (C=O) groups excluding carboxylic acids is 2. The Bertz CT molecular complexity index is 400. The third kappa shape index (κ3) is 6.31. The Morgan fingerprint density at radius 3 is 2.78 bits per heavy atom. The van der Waals surface area contributed by atoms with Gasteiger partial charge in [-0.15, -0.1) is 6.58 Å². The maximum atomic E-state index is 12.6. The number of piperidine rings is 1. The van der Waals surface area contributed by atoms with Gasteiger partial charge < -0.3 is 19.7 Å². The number of methoxy groups -OCH3 is 1. The van der Waals surface area contributed by atoms with Crippen LogP contribution in [0.4, 0.5) is 0 Å². The lowest BCUT2D eigenvalue weighted by Gasteiger charge is -2.38. The van der Waals surface area contributed by atoms with E-state index in [1.807, 2.05) is 6.92 Å². The summed E-state index contributed by atoms with van der Waals surface area (Å²) < 4.78 is 10.5. The quantitative estimate of drug-likeness (QED) is 0.513. The molecule has 1 heterocycles. The normalized spacial score (nSPS) is 22.5. The SMILES string of the molecule is C=CCCOC(C)C(=O)N1CC(C(=O)NCCOC)CCC1C. The van der Waals surface area contributed by atoms with Crippen molar-refractivity contribution >= 4 is 11.8 Å². The van der Waals surface area contributed by atoms with Crippen LogP contribution in [0.25, 0.3) is 0 Å². The number of nitrogens with zero attached hydrogens (tertiary/aromatic N) is 1. The molecule has 0 radical (unpaired) electrons. The zero-order valence-corrected chi connectivity index (χ0v) is 14.5. The van der Waals surface area contributed by atoms with Gasteiger partial charge in [-0.05, 0) is 33.1 Å². The highest BCUT2D eigenvalue weighted by atomic mass is 16.5. The molecule has 1 saturated heterocycles. The molecule has 0 saturated carbocycles. The molecule has 1 aliphatic rings. The van der Waals surface area contributed by atoms with Crippen molar-refractivity contribution in [2.75, 3.05) is 33.4 Å². The van der Waals surface area contributed by atoms with Crippen LogP contribution in [-0.4, -0.2) is 62.3 Å². The van der Waals surface area contributed by atoms with Crippen LogP contribution >= 0.6 is 0 Å². The Kier molecular flexibility index (Phi) is 8.87. The van der Waals surface area contributed by atoms with Gasteiger partial charge in [-0.1, -0.05) is 6.08 Å². The van der Waals surface area contributed by atoms with Crippen molar-refractivity contribution in [3.05, 3.63) is 12.7 Å². The van der Waals surface area contributed by atoms with Gasteiger partial charge in [-0.2, -0.15) is 0 Å². The van der Waals surface area contributed by atoms with Crippen LogP contribution in [0, 0.1) is 5.92 Å². The molecule has 0 aromatic heterocycles. The molecular weight excluding hydrogens is 296 g/mol. The molecule has 3 unspecified atom stereocenters. The summed E-state index contributed by atoms with van der Waals surface area (Å²) in [6.45, 7) is 9.35. The van der Waals surface area contributed by atoms with E-state index in [1.54, 1.807) is 25.0 Å². The number of nitrogens with one attached hydrogen (secondary N) is 1. The predicted octanol–water partition coefficient (Wildman–Crippen LogP) is 1.36. The summed E-state index contributed by atoms with van der Waals surface area (Å²) in [5.41, 5.74) is 0. The first-order valence-corrected chi connectivity index (χ1v) is 8.30. The van der Waals surface area contributed by atoms with Crippen molar-refractivity contribution < 1.29 is 19.1 Å². The van der Waals surface area contributed by atoms with Crippen molar-refractivity contribution in [2.45, 2.75) is 45.3 Å². The number of likely N-dealkylation sites (tertiary alicyclic amines) is 1. The fourth-order valence-electron chi connectivity index (χ4n) is 2.68. The van der Waals surface area contributed by atoms with Gasteiger partial charge in [0.15, 0.2) is 0 Å². The number of hydrogen-bond donors (Lipinski definition) is 1. The highest BCUT2D eigenvalue weighted by Gasteiger charge is 2.34. The maximum absolute atomic E-state index is 12.6. The van der Waals surface area contributed by atoms with E-state index >= 15 is 0 Å². The van der Waals surface area contributed by atoms with Gasteiger partial charge in [-0.25, -0.2) is 0 Å². The molecule has 23 heavy (non-hydrogen) atoms. The first-order valence-electron chi connectivity index (χ1n) is 8.30. The number of amides is 2. The van der Waals surface area contributed by atoms with E-state index in [0.29, 0.717) is 26.3 Å². The molecule has 0 spiro atoms. The molecule has 132 valence electrons. The summed E-state index contributed by atoms with van der Waals surface area (Å²) >= 11 is 0. The van der Waals surface area contributed by atoms with Gasteiger partial charge in [0.1, 0.15) is 6.10 Å². The second kappa shape index (κ2) is 10.4. The summed E-state index contributed by atoms with van der Waals surface area (Å²) in [7, 11) is 1.60. The van der Waals surface area contributed by atoms with Crippen LogP contribution in [0.3, 0.4) is 0 Å². The lowest BCUT2D eigenvalue weighted by atomic mass is 9.92. The van der Waals surface area contributed by atoms with Crippen LogP contribution in [-0.2, 0) is 19.1 Å². The predicted molar refractivity (Wildman–Crippen MR) is 89.0 cm³/mol. The largest absolute Gasteiger partial charge is 0.383 e. The summed E-state index contributed by atoms with van der Waals surface area (Å²) in [5.74, 6) is -0.213. The summed E-state index contributed by atoms with van der Waals surface area (Å²) in [6.07, 6.45) is 3.62. The van der Waals surface area contributed by atoms with E-state index in [9.17, 15) is 9.59 Å². The van der Waals surface area contributed by atoms with Crippen LogP contribution in [0.1, 0.15) is 33.1 Å². The first kappa shape index (κ1) is 19.6. The summed E-state index contributed by atoms with van der Waals surface area (Å²) in [4.78, 5) is 26.5. The Morgan fingerprint density at radius 2 is 2.13 bits per heavy atom. The highest BCUT2D eigenvalue weighted by Crippen LogP contribution is 2.23. The zero-order valence-electron chi connectivity index (χ0n) is 14.5. The number of carbonyl (C=O) groups is 2. The number of rotatable bonds is 9. The molecule has 6 nitrogen and oxygen atoms in total. The van der Waals surface area contributed by atoms with Crippen molar-refractivity contribution in [2.24, 2.45) is 5.92 Å². The lowest BCUT2D eigenvalue weighted by molar-refractivity contribution is -0.148. The Hall–Kier alpha value is -1.40. The van der Waals surface area contributed by atoms with Crippen LogP contribution < -0.4 is 5.32 Å². The first-order chi connectivity index (χ1) is 11.0. The van der Waals surface area contributed by atoms with Gasteiger partial charge in [0, 0.05) is 26.2 Å². The average Bonchev–Trinajstić information content (AvgIpc) is 2.54. The molecule has 0 aromatic rings. The fraction of sp³-hybridized carbons (Fsp3) is 0.765. The van der Waals surface area contributed by atoms with E-state index < -0.39 is 6.10 Å². The van der Waals surface area contributed by atoms with E-state index in [1.165, 1.54) is 0 Å². The smallest absolute Gasteiger partial charge is 0.251 e. The molecule has 6 heteroatoms. The van der Waals surface area contributed by atoms with E-state index in [0.717, 1.165) is 19.3 Å². The Balaban J connectivity index is 2.54. The Morgan fingerprint density at radius 1 is 1.39 bits per heavy atom. The van der Waals surface area contributed by atoms with Crippen molar-refractivity contribution in [3.63, 3.8) is 0 Å². The van der Waals surface area contributed by atoms with E-state index in [4.69, 9.17) is 9.47 Å². The summed E-state index contributed by atoms with van der Waals surface area (Å²) in [5, 5.41) is 2.85. The van der Waals surface area contributed by atoms with Crippen molar-refractivity contribution in [1.29, 1.82) is 0 Å². The zero-order chi connectivity index (χ0) is 17.2. The van der Waals surface area contributed by atoms with Crippen LogP contribution in [0.5, 0.6) is 0 Å². The van der Waals surface area contributed by atoms with Gasteiger partial charge in [0.2, 0.25) is 5.91 Å². The molecule has 1 aliphatic heterocycles. The summed E-state index contributed by atoms with van der Waals surface area (Å²) in [6, 6.07) is 0.135. The molecule has 0 aliphatic carbocycles. The highest BCUT2D eigenvalue weighted by molar-refractivity contribution is 5.83. The van der Waals surface area contributed by atoms with Gasteiger partial charge in [-0.3, -0.25) is 9.59 Å². The standard InChI is InChI=1S/C17H30N2O4/c1-5-6-10-23-14(3)17(21)19-12-15(8-7-13(19)2)16(20)18-9-11-22-4/h5,13-15H,1,6-12H2,2-4H3,(H,18,20). The van der Waals surface area contributed by atoms with Crippen molar-refractivity contribution in [3.8, 4) is 0 Å². The van der Waals surface area contributed by atoms with Crippen LogP contribution in [0.2, 0.25) is 0 Å². The third-order valence-electron chi connectivity index (χ3n) is 4.18. The van der Waals surface area contributed by atoms with Gasteiger partial charge in [0.05, 0.1) is 19.1 Å². The maximum Gasteiger partial charge on any atom is 0.251 e. The van der Waals surface area contributed by atoms with Crippen molar-refractivity contribution in [1.82, 2.24) is 10.2 Å². The van der Waals surface area contributed by atoms with E-state index in [-0.39, 0.29) is 23.8 Å². The Labute approximate surface area is 139 Å². The third-order valence-corrected chi connectivity index (χ3v) is 4.18. The van der Waals surface area contributed by atoms with Gasteiger partial charge >= 0.3 is 0 Å². The molecular formula is C17H30N2O4. The van der Waals surface area contributed by atoms with Gasteiger partial charge in [0.25, 0.3) is 5.91 Å². The molecule has 1 fully saturated rings. The number of hydrogen-bond acceptors (Lipinski definition) is 4. The van der Waals surface area contributed by atoms with E-state index in [2.05, 4.69) is 11.9 Å². The topological polar surface area (TPSA) is 67.9 Å². The second-order valence-electron chi connectivity index (χ2n) is 5.99. The minimum Gasteiger partial charge on any atom is -0.383 e. The molecule has 0 aromatic carbocycles. The average molecular weight is 326 g/mol. The fourth-order valence-corrected chi connectivity index (χ4v) is 2.68. The van der Waals surface area contributed by atoms with Crippen LogP contribution in [0.15, 0.2) is 12.7 Å². The molecule has 1 N–H and O–H groups in total. The minimum atomic E-state index is -0.493. The molecule has 3 atom stereocenters.